The Kier molecular flexibility index (Phi) is 4.70. The molecule has 1 fully saturated rings. The first-order chi connectivity index (χ1) is 8.81. The highest BCUT2D eigenvalue weighted by molar-refractivity contribution is 5.79. The van der Waals surface area contributed by atoms with Crippen LogP contribution in [0.4, 0.5) is 0 Å². The largest absolute Gasteiger partial charge is 0.342 e. The third kappa shape index (κ3) is 3.29. The highest BCUT2D eigenvalue weighted by Gasteiger charge is 2.24. The number of nitrogens with zero attached hydrogens (tertiary/aromatic N) is 2. The molecule has 18 heavy (non-hydrogen) atoms. The fraction of sp³-hybridized carbons (Fsp3) is 0.571. The van der Waals surface area contributed by atoms with E-state index >= 15 is 0 Å². The molecule has 0 aliphatic carbocycles. The summed E-state index contributed by atoms with van der Waals surface area (Å²) in [5, 5.41) is 0. The van der Waals surface area contributed by atoms with Gasteiger partial charge in [0.2, 0.25) is 5.91 Å². The van der Waals surface area contributed by atoms with Crippen molar-refractivity contribution in [2.24, 2.45) is 11.7 Å². The molecule has 0 spiro atoms. The molecule has 1 aliphatic heterocycles. The standard InChI is InChI=1S/C14H21N3O/c15-11-13(10-12-4-6-16-7-5-12)14(18)17-8-2-1-3-9-17/h4-7,13H,1-3,8-11,15H2. The van der Waals surface area contributed by atoms with Gasteiger partial charge >= 0.3 is 0 Å². The smallest absolute Gasteiger partial charge is 0.227 e. The Hall–Kier alpha value is -1.42. The molecule has 4 nitrogen and oxygen atoms in total. The van der Waals surface area contributed by atoms with Crippen molar-refractivity contribution in [2.45, 2.75) is 25.7 Å². The maximum atomic E-state index is 12.4. The van der Waals surface area contributed by atoms with Gasteiger partial charge in [0.25, 0.3) is 0 Å². The summed E-state index contributed by atoms with van der Waals surface area (Å²) in [4.78, 5) is 18.3. The van der Waals surface area contributed by atoms with E-state index in [4.69, 9.17) is 5.73 Å². The maximum Gasteiger partial charge on any atom is 0.227 e. The molecular weight excluding hydrogens is 226 g/mol. The van der Waals surface area contributed by atoms with Gasteiger partial charge in [-0.15, -0.1) is 0 Å². The van der Waals surface area contributed by atoms with Gasteiger partial charge in [-0.25, -0.2) is 0 Å². The molecule has 0 bridgehead atoms. The number of nitrogens with two attached hydrogens (primary N) is 1. The minimum atomic E-state index is -0.0921. The Bertz CT molecular complexity index is 374. The Morgan fingerprint density at radius 3 is 2.56 bits per heavy atom. The summed E-state index contributed by atoms with van der Waals surface area (Å²) in [5.74, 6) is 0.125. The average molecular weight is 247 g/mol. The predicted molar refractivity (Wildman–Crippen MR) is 70.9 cm³/mol. The topological polar surface area (TPSA) is 59.2 Å². The second-order valence-electron chi connectivity index (χ2n) is 4.88. The van der Waals surface area contributed by atoms with Gasteiger partial charge in [0.1, 0.15) is 0 Å². The molecule has 0 aromatic carbocycles. The lowest BCUT2D eigenvalue weighted by Gasteiger charge is -2.30. The lowest BCUT2D eigenvalue weighted by atomic mass is 9.97. The summed E-state index contributed by atoms with van der Waals surface area (Å²) in [5.41, 5.74) is 6.90. The summed E-state index contributed by atoms with van der Waals surface area (Å²) in [7, 11) is 0. The zero-order chi connectivity index (χ0) is 12.8. The van der Waals surface area contributed by atoms with Crippen LogP contribution in [0.15, 0.2) is 24.5 Å². The molecule has 1 amide bonds. The SMILES string of the molecule is NCC(Cc1ccncc1)C(=O)N1CCCCC1. The molecule has 1 aromatic heterocycles. The summed E-state index contributed by atoms with van der Waals surface area (Å²) in [6.07, 6.45) is 7.72. The Morgan fingerprint density at radius 1 is 1.28 bits per heavy atom. The van der Waals surface area contributed by atoms with Crippen LogP contribution in [0.1, 0.15) is 24.8 Å². The van der Waals surface area contributed by atoms with Crippen molar-refractivity contribution in [1.82, 2.24) is 9.88 Å². The predicted octanol–water partition coefficient (Wildman–Crippen LogP) is 1.21. The third-order valence-corrected chi connectivity index (χ3v) is 3.53. The number of piperidine rings is 1. The zero-order valence-electron chi connectivity index (χ0n) is 10.7. The highest BCUT2D eigenvalue weighted by Crippen LogP contribution is 2.15. The van der Waals surface area contributed by atoms with Crippen LogP contribution in [-0.4, -0.2) is 35.4 Å². The Labute approximate surface area is 108 Å². The highest BCUT2D eigenvalue weighted by atomic mass is 16.2. The van der Waals surface area contributed by atoms with Crippen molar-refractivity contribution in [3.05, 3.63) is 30.1 Å². The van der Waals surface area contributed by atoms with Crippen LogP contribution in [0.25, 0.3) is 0 Å². The van der Waals surface area contributed by atoms with Gasteiger partial charge in [-0.05, 0) is 43.4 Å². The van der Waals surface area contributed by atoms with E-state index < -0.39 is 0 Å². The van der Waals surface area contributed by atoms with Crippen molar-refractivity contribution in [1.29, 1.82) is 0 Å². The van der Waals surface area contributed by atoms with Gasteiger partial charge in [0.15, 0.2) is 0 Å². The molecule has 4 heteroatoms. The van der Waals surface area contributed by atoms with Crippen molar-refractivity contribution in [2.75, 3.05) is 19.6 Å². The molecular formula is C14H21N3O. The van der Waals surface area contributed by atoms with E-state index in [0.717, 1.165) is 31.5 Å². The second-order valence-corrected chi connectivity index (χ2v) is 4.88. The molecule has 1 atom stereocenters. The molecule has 1 aliphatic rings. The molecule has 0 radical (unpaired) electrons. The van der Waals surface area contributed by atoms with Gasteiger partial charge < -0.3 is 10.6 Å². The lowest BCUT2D eigenvalue weighted by Crippen LogP contribution is -2.42. The third-order valence-electron chi connectivity index (χ3n) is 3.53. The molecule has 2 rings (SSSR count). The van der Waals surface area contributed by atoms with Crippen LogP contribution in [-0.2, 0) is 11.2 Å². The minimum Gasteiger partial charge on any atom is -0.342 e. The van der Waals surface area contributed by atoms with Crippen LogP contribution in [0.2, 0.25) is 0 Å². The maximum absolute atomic E-state index is 12.4. The van der Waals surface area contributed by atoms with Gasteiger partial charge in [-0.2, -0.15) is 0 Å². The van der Waals surface area contributed by atoms with Gasteiger partial charge in [0, 0.05) is 32.0 Å². The monoisotopic (exact) mass is 247 g/mol. The minimum absolute atomic E-state index is 0.0921. The quantitative estimate of drug-likeness (QED) is 0.870. The van der Waals surface area contributed by atoms with Gasteiger partial charge in [-0.1, -0.05) is 0 Å². The van der Waals surface area contributed by atoms with E-state index in [-0.39, 0.29) is 11.8 Å². The Morgan fingerprint density at radius 2 is 1.94 bits per heavy atom. The van der Waals surface area contributed by atoms with Crippen molar-refractivity contribution >= 4 is 5.91 Å². The Balaban J connectivity index is 1.97. The van der Waals surface area contributed by atoms with Crippen molar-refractivity contribution in [3.8, 4) is 0 Å². The van der Waals surface area contributed by atoms with Crippen LogP contribution in [0.3, 0.4) is 0 Å². The first kappa shape index (κ1) is 13.0. The van der Waals surface area contributed by atoms with Gasteiger partial charge in [-0.3, -0.25) is 9.78 Å². The van der Waals surface area contributed by atoms with Crippen LogP contribution in [0.5, 0.6) is 0 Å². The molecule has 98 valence electrons. The molecule has 1 aromatic rings. The average Bonchev–Trinajstić information content (AvgIpc) is 2.46. The van der Waals surface area contributed by atoms with Crippen LogP contribution < -0.4 is 5.73 Å². The summed E-state index contributed by atoms with van der Waals surface area (Å²) in [6.45, 7) is 2.20. The second kappa shape index (κ2) is 6.50. The number of hydrogen-bond donors (Lipinski definition) is 1. The van der Waals surface area contributed by atoms with E-state index in [2.05, 4.69) is 4.98 Å². The van der Waals surface area contributed by atoms with E-state index in [9.17, 15) is 4.79 Å². The van der Waals surface area contributed by atoms with E-state index in [1.807, 2.05) is 17.0 Å². The summed E-state index contributed by atoms with van der Waals surface area (Å²) >= 11 is 0. The van der Waals surface area contributed by atoms with Crippen molar-refractivity contribution in [3.63, 3.8) is 0 Å². The van der Waals surface area contributed by atoms with Crippen LogP contribution in [0, 0.1) is 5.92 Å². The van der Waals surface area contributed by atoms with Gasteiger partial charge in [0.05, 0.1) is 5.92 Å². The van der Waals surface area contributed by atoms with E-state index in [1.165, 1.54) is 6.42 Å². The van der Waals surface area contributed by atoms with E-state index in [0.29, 0.717) is 13.0 Å². The number of rotatable bonds is 4. The number of likely N-dealkylation sites (tertiary alicyclic amines) is 1. The number of carbonyl (C=O) groups is 1. The lowest BCUT2D eigenvalue weighted by molar-refractivity contribution is -0.136. The normalized spacial score (nSPS) is 17.5. The zero-order valence-corrected chi connectivity index (χ0v) is 10.7. The number of hydrogen-bond acceptors (Lipinski definition) is 3. The molecule has 0 saturated carbocycles. The number of amides is 1. The van der Waals surface area contributed by atoms with Crippen molar-refractivity contribution < 1.29 is 4.79 Å². The molecule has 1 saturated heterocycles. The fourth-order valence-corrected chi connectivity index (χ4v) is 2.45. The number of pyridine rings is 1. The fourth-order valence-electron chi connectivity index (χ4n) is 2.45. The molecule has 2 N–H and O–H groups in total. The summed E-state index contributed by atoms with van der Waals surface area (Å²) in [6, 6.07) is 3.90. The first-order valence-electron chi connectivity index (χ1n) is 6.69. The number of aromatic nitrogens is 1. The van der Waals surface area contributed by atoms with E-state index in [1.54, 1.807) is 12.4 Å². The van der Waals surface area contributed by atoms with Crippen LogP contribution >= 0.6 is 0 Å². The molecule has 2 heterocycles. The number of carbonyl (C=O) groups excluding carboxylic acids is 1. The first-order valence-corrected chi connectivity index (χ1v) is 6.69. The molecule has 1 unspecified atom stereocenters. The summed E-state index contributed by atoms with van der Waals surface area (Å²) < 4.78 is 0.